The first-order valence-corrected chi connectivity index (χ1v) is 9.96. The predicted molar refractivity (Wildman–Crippen MR) is 118 cm³/mol. The van der Waals surface area contributed by atoms with Crippen molar-refractivity contribution in [1.29, 1.82) is 0 Å². The molecule has 0 fully saturated rings. The Kier molecular flexibility index (Phi) is 6.27. The van der Waals surface area contributed by atoms with E-state index in [1.165, 1.54) is 0 Å². The molecular formula is C23H24ClN3O3. The van der Waals surface area contributed by atoms with Crippen LogP contribution in [0.15, 0.2) is 48.5 Å². The molecule has 7 heteroatoms. The zero-order chi connectivity index (χ0) is 21.9. The van der Waals surface area contributed by atoms with Crippen molar-refractivity contribution in [2.75, 3.05) is 11.9 Å². The highest BCUT2D eigenvalue weighted by molar-refractivity contribution is 6.31. The van der Waals surface area contributed by atoms with Crippen LogP contribution < -0.4 is 5.32 Å². The Balaban J connectivity index is 1.79. The first-order valence-electron chi connectivity index (χ1n) is 9.58. The smallest absolute Gasteiger partial charge is 0.316 e. The van der Waals surface area contributed by atoms with Crippen LogP contribution >= 0.6 is 11.6 Å². The van der Waals surface area contributed by atoms with Gasteiger partial charge in [0.15, 0.2) is 0 Å². The van der Waals surface area contributed by atoms with Gasteiger partial charge in [0.1, 0.15) is 5.82 Å². The summed E-state index contributed by atoms with van der Waals surface area (Å²) in [5.41, 5.74) is 2.94. The SMILES string of the molecule is Cc1ccc(CCNc2cc(-c3cccc(C(C)(C)C(=O)O)c3)nc(O)n2)c(Cl)c1. The van der Waals surface area contributed by atoms with Crippen LogP contribution in [-0.2, 0) is 16.6 Å². The zero-order valence-corrected chi connectivity index (χ0v) is 17.9. The number of carbonyl (C=O) groups is 1. The van der Waals surface area contributed by atoms with Gasteiger partial charge in [0.05, 0.1) is 11.1 Å². The van der Waals surface area contributed by atoms with E-state index in [2.05, 4.69) is 15.3 Å². The van der Waals surface area contributed by atoms with Crippen LogP contribution in [0.4, 0.5) is 5.82 Å². The van der Waals surface area contributed by atoms with E-state index in [-0.39, 0.29) is 6.01 Å². The average molecular weight is 426 g/mol. The largest absolute Gasteiger partial charge is 0.481 e. The molecule has 0 saturated heterocycles. The Morgan fingerprint density at radius 2 is 1.90 bits per heavy atom. The summed E-state index contributed by atoms with van der Waals surface area (Å²) >= 11 is 6.28. The number of aryl methyl sites for hydroxylation is 1. The van der Waals surface area contributed by atoms with Crippen molar-refractivity contribution in [3.8, 4) is 17.3 Å². The Bertz CT molecular complexity index is 1080. The van der Waals surface area contributed by atoms with E-state index >= 15 is 0 Å². The number of benzene rings is 2. The van der Waals surface area contributed by atoms with Crippen molar-refractivity contribution in [1.82, 2.24) is 9.97 Å². The number of hydrogen-bond acceptors (Lipinski definition) is 5. The van der Waals surface area contributed by atoms with Crippen molar-refractivity contribution in [3.63, 3.8) is 0 Å². The van der Waals surface area contributed by atoms with E-state index in [9.17, 15) is 15.0 Å². The van der Waals surface area contributed by atoms with Crippen LogP contribution in [0.2, 0.25) is 5.02 Å². The lowest BCUT2D eigenvalue weighted by Gasteiger charge is -2.20. The maximum absolute atomic E-state index is 11.6. The molecule has 156 valence electrons. The minimum Gasteiger partial charge on any atom is -0.481 e. The summed E-state index contributed by atoms with van der Waals surface area (Å²) in [4.78, 5) is 19.7. The zero-order valence-electron chi connectivity index (χ0n) is 17.1. The molecule has 0 aliphatic carbocycles. The Hall–Kier alpha value is -3.12. The molecule has 0 spiro atoms. The number of aromatic hydroxyl groups is 1. The molecule has 3 rings (SSSR count). The molecule has 6 nitrogen and oxygen atoms in total. The van der Waals surface area contributed by atoms with E-state index in [1.807, 2.05) is 31.2 Å². The van der Waals surface area contributed by atoms with Gasteiger partial charge in [0.25, 0.3) is 0 Å². The molecule has 0 aliphatic heterocycles. The number of carboxylic acid groups (broad SMARTS) is 1. The minimum atomic E-state index is -1.04. The fourth-order valence-electron chi connectivity index (χ4n) is 3.04. The highest BCUT2D eigenvalue weighted by Gasteiger charge is 2.29. The van der Waals surface area contributed by atoms with Crippen molar-refractivity contribution in [2.45, 2.75) is 32.6 Å². The van der Waals surface area contributed by atoms with Crippen LogP contribution in [0.25, 0.3) is 11.3 Å². The number of carboxylic acids is 1. The van der Waals surface area contributed by atoms with Gasteiger partial charge in [-0.25, -0.2) is 0 Å². The van der Waals surface area contributed by atoms with Crippen LogP contribution in [0.5, 0.6) is 6.01 Å². The number of rotatable bonds is 7. The minimum absolute atomic E-state index is 0.355. The topological polar surface area (TPSA) is 95.3 Å². The molecule has 3 aromatic rings. The van der Waals surface area contributed by atoms with Gasteiger partial charge in [-0.05, 0) is 56.0 Å². The number of hydrogen-bond donors (Lipinski definition) is 3. The van der Waals surface area contributed by atoms with Crippen molar-refractivity contribution >= 4 is 23.4 Å². The summed E-state index contributed by atoms with van der Waals surface area (Å²) in [5, 5.41) is 23.4. The van der Waals surface area contributed by atoms with E-state index in [0.717, 1.165) is 16.1 Å². The summed E-state index contributed by atoms with van der Waals surface area (Å²) in [6, 6.07) is 14.4. The second-order valence-electron chi connectivity index (χ2n) is 7.72. The summed E-state index contributed by atoms with van der Waals surface area (Å²) < 4.78 is 0. The molecule has 0 radical (unpaired) electrons. The van der Waals surface area contributed by atoms with E-state index in [0.29, 0.717) is 35.6 Å². The third-order valence-corrected chi connectivity index (χ3v) is 5.39. The molecule has 0 bridgehead atoms. The van der Waals surface area contributed by atoms with Gasteiger partial charge in [-0.15, -0.1) is 0 Å². The fourth-order valence-corrected chi connectivity index (χ4v) is 3.37. The van der Waals surface area contributed by atoms with Gasteiger partial charge in [0, 0.05) is 23.2 Å². The molecular weight excluding hydrogens is 402 g/mol. The van der Waals surface area contributed by atoms with Crippen LogP contribution in [0.3, 0.4) is 0 Å². The summed E-state index contributed by atoms with van der Waals surface area (Å²) in [5.74, 6) is -0.439. The molecule has 0 saturated carbocycles. The number of nitrogens with one attached hydrogen (secondary N) is 1. The Morgan fingerprint density at radius 1 is 1.13 bits per heavy atom. The second kappa shape index (κ2) is 8.71. The average Bonchev–Trinajstić information content (AvgIpc) is 2.69. The lowest BCUT2D eigenvalue weighted by Crippen LogP contribution is -2.28. The number of nitrogens with zero attached hydrogens (tertiary/aromatic N) is 2. The molecule has 1 aromatic heterocycles. The van der Waals surface area contributed by atoms with Gasteiger partial charge in [-0.3, -0.25) is 4.79 Å². The molecule has 3 N–H and O–H groups in total. The third kappa shape index (κ3) is 4.89. The van der Waals surface area contributed by atoms with E-state index in [4.69, 9.17) is 11.6 Å². The van der Waals surface area contributed by atoms with E-state index in [1.54, 1.807) is 38.1 Å². The first kappa shape index (κ1) is 21.6. The van der Waals surface area contributed by atoms with E-state index < -0.39 is 11.4 Å². The van der Waals surface area contributed by atoms with Gasteiger partial charge < -0.3 is 15.5 Å². The maximum atomic E-state index is 11.6. The number of aromatic nitrogens is 2. The number of aliphatic carboxylic acids is 1. The Labute approximate surface area is 180 Å². The quantitative estimate of drug-likeness (QED) is 0.502. The fraction of sp³-hybridized carbons (Fsp3) is 0.261. The summed E-state index contributed by atoms with van der Waals surface area (Å²) in [6.45, 7) is 5.86. The standard InChI is InChI=1S/C23H24ClN3O3/c1-14-7-8-15(18(24)11-14)9-10-25-20-13-19(26-22(30)27-20)16-5-4-6-17(12-16)23(2,3)21(28)29/h4-8,11-13H,9-10H2,1-3H3,(H,28,29)(H2,25,26,27,30). The third-order valence-electron chi connectivity index (χ3n) is 5.04. The van der Waals surface area contributed by atoms with Crippen LogP contribution in [0.1, 0.15) is 30.5 Å². The van der Waals surface area contributed by atoms with Gasteiger partial charge in [-0.1, -0.05) is 41.9 Å². The van der Waals surface area contributed by atoms with Gasteiger partial charge >= 0.3 is 12.0 Å². The van der Waals surface area contributed by atoms with Gasteiger partial charge in [0.2, 0.25) is 0 Å². The Morgan fingerprint density at radius 3 is 2.60 bits per heavy atom. The number of anilines is 1. The molecule has 1 heterocycles. The molecule has 30 heavy (non-hydrogen) atoms. The normalized spacial score (nSPS) is 11.3. The van der Waals surface area contributed by atoms with Gasteiger partial charge in [-0.2, -0.15) is 9.97 Å². The molecule has 2 aromatic carbocycles. The highest BCUT2D eigenvalue weighted by atomic mass is 35.5. The number of halogens is 1. The molecule has 0 atom stereocenters. The van der Waals surface area contributed by atoms with Crippen molar-refractivity contribution in [2.24, 2.45) is 0 Å². The van der Waals surface area contributed by atoms with Crippen LogP contribution in [-0.4, -0.2) is 32.7 Å². The second-order valence-corrected chi connectivity index (χ2v) is 8.13. The highest BCUT2D eigenvalue weighted by Crippen LogP contribution is 2.29. The summed E-state index contributed by atoms with van der Waals surface area (Å²) in [7, 11) is 0. The predicted octanol–water partition coefficient (Wildman–Crippen LogP) is 4.83. The monoisotopic (exact) mass is 425 g/mol. The van der Waals surface area contributed by atoms with Crippen molar-refractivity contribution < 1.29 is 15.0 Å². The molecule has 0 amide bonds. The lowest BCUT2D eigenvalue weighted by atomic mass is 9.84. The maximum Gasteiger partial charge on any atom is 0.316 e. The first-order chi connectivity index (χ1) is 14.2. The summed E-state index contributed by atoms with van der Waals surface area (Å²) in [6.07, 6.45) is 0.696. The molecule has 0 unspecified atom stereocenters. The molecule has 0 aliphatic rings. The van der Waals surface area contributed by atoms with Crippen molar-refractivity contribution in [3.05, 3.63) is 70.2 Å². The van der Waals surface area contributed by atoms with Crippen LogP contribution in [0, 0.1) is 6.92 Å². The lowest BCUT2D eigenvalue weighted by molar-refractivity contribution is -0.142.